The molecule has 3 nitrogen and oxygen atoms in total. The predicted octanol–water partition coefficient (Wildman–Crippen LogP) is 3.29. The molecule has 1 aromatic carbocycles. The largest absolute Gasteiger partial charge is 0.373 e. The molecule has 0 aromatic heterocycles. The van der Waals surface area contributed by atoms with E-state index in [1.165, 1.54) is 0 Å². The minimum atomic E-state index is -1.35. The van der Waals surface area contributed by atoms with Gasteiger partial charge in [0.15, 0.2) is 11.0 Å². The van der Waals surface area contributed by atoms with Crippen molar-refractivity contribution in [1.82, 2.24) is 0 Å². The minimum absolute atomic E-state index is 0.435. The number of nitrogens with zero attached hydrogens (tertiary/aromatic N) is 1. The Labute approximate surface area is 112 Å². The van der Waals surface area contributed by atoms with Gasteiger partial charge in [0.05, 0.1) is 4.90 Å². The van der Waals surface area contributed by atoms with Crippen molar-refractivity contribution in [3.05, 3.63) is 29.8 Å². The summed E-state index contributed by atoms with van der Waals surface area (Å²) in [4.78, 5) is 0.715. The zero-order chi connectivity index (χ0) is 13.6. The van der Waals surface area contributed by atoms with Gasteiger partial charge in [0, 0.05) is 13.3 Å². The molecule has 4 heteroatoms. The van der Waals surface area contributed by atoms with Crippen molar-refractivity contribution in [3.8, 4) is 0 Å². The van der Waals surface area contributed by atoms with E-state index in [1.54, 1.807) is 13.3 Å². The standard InChI is InChI=1S/C14H21NO2S/c1-5-10-14(3,17-4)11-15-18(16)13-8-6-12(2)7-9-13/h6-9,11H,5,10H2,1-4H3/t14-,18-/m0/s1. The summed E-state index contributed by atoms with van der Waals surface area (Å²) < 4.78 is 21.5. The Morgan fingerprint density at radius 2 is 2.00 bits per heavy atom. The highest BCUT2D eigenvalue weighted by molar-refractivity contribution is 7.83. The van der Waals surface area contributed by atoms with Crippen molar-refractivity contribution in [3.63, 3.8) is 0 Å². The van der Waals surface area contributed by atoms with Gasteiger partial charge in [-0.1, -0.05) is 31.0 Å². The molecule has 0 saturated heterocycles. The molecule has 0 aliphatic rings. The molecule has 100 valence electrons. The maximum absolute atomic E-state index is 12.0. The van der Waals surface area contributed by atoms with Crippen LogP contribution >= 0.6 is 0 Å². The SMILES string of the molecule is CCC[C@@](C)(C=N[S@@](=O)c1ccc(C)cc1)OC. The van der Waals surface area contributed by atoms with E-state index in [1.807, 2.05) is 38.1 Å². The first-order valence-electron chi connectivity index (χ1n) is 6.09. The van der Waals surface area contributed by atoms with Crippen LogP contribution in [-0.2, 0) is 15.7 Å². The van der Waals surface area contributed by atoms with Crippen molar-refractivity contribution in [2.24, 2.45) is 4.40 Å². The normalized spacial score (nSPS) is 16.7. The van der Waals surface area contributed by atoms with E-state index < -0.39 is 16.6 Å². The van der Waals surface area contributed by atoms with Crippen LogP contribution in [0.1, 0.15) is 32.3 Å². The van der Waals surface area contributed by atoms with Gasteiger partial charge in [0.1, 0.15) is 5.60 Å². The molecule has 0 N–H and O–H groups in total. The lowest BCUT2D eigenvalue weighted by molar-refractivity contribution is 0.0627. The summed E-state index contributed by atoms with van der Waals surface area (Å²) in [5.74, 6) is 0. The molecule has 0 radical (unpaired) electrons. The van der Waals surface area contributed by atoms with E-state index >= 15 is 0 Å². The van der Waals surface area contributed by atoms with E-state index in [-0.39, 0.29) is 0 Å². The zero-order valence-corrected chi connectivity index (χ0v) is 12.3. The summed E-state index contributed by atoms with van der Waals surface area (Å²) in [7, 11) is 0.295. The van der Waals surface area contributed by atoms with Gasteiger partial charge >= 0.3 is 0 Å². The third-order valence-electron chi connectivity index (χ3n) is 2.86. The minimum Gasteiger partial charge on any atom is -0.373 e. The van der Waals surface area contributed by atoms with Crippen LogP contribution in [0.15, 0.2) is 33.6 Å². The Hall–Kier alpha value is -1.00. The van der Waals surface area contributed by atoms with Crippen LogP contribution in [0.25, 0.3) is 0 Å². The molecule has 0 spiro atoms. The highest BCUT2D eigenvalue weighted by Crippen LogP contribution is 2.15. The zero-order valence-electron chi connectivity index (χ0n) is 11.5. The monoisotopic (exact) mass is 267 g/mol. The topological polar surface area (TPSA) is 38.7 Å². The Morgan fingerprint density at radius 1 is 1.39 bits per heavy atom. The van der Waals surface area contributed by atoms with E-state index in [9.17, 15) is 4.21 Å². The summed E-state index contributed by atoms with van der Waals surface area (Å²) in [6.45, 7) is 6.04. The molecule has 0 heterocycles. The first-order chi connectivity index (χ1) is 8.50. The number of benzene rings is 1. The van der Waals surface area contributed by atoms with E-state index in [0.29, 0.717) is 4.90 Å². The number of methoxy groups -OCH3 is 1. The lowest BCUT2D eigenvalue weighted by Gasteiger charge is -2.22. The second-order valence-electron chi connectivity index (χ2n) is 4.56. The molecule has 0 bridgehead atoms. The fourth-order valence-corrected chi connectivity index (χ4v) is 2.40. The summed E-state index contributed by atoms with van der Waals surface area (Å²) >= 11 is 0. The number of hydrogen-bond acceptors (Lipinski definition) is 2. The number of aryl methyl sites for hydroxylation is 1. The van der Waals surface area contributed by atoms with Gasteiger partial charge in [-0.25, -0.2) is 4.21 Å². The first kappa shape index (κ1) is 15.1. The highest BCUT2D eigenvalue weighted by Gasteiger charge is 2.20. The van der Waals surface area contributed by atoms with Crippen LogP contribution in [0.4, 0.5) is 0 Å². The molecule has 0 fully saturated rings. The lowest BCUT2D eigenvalue weighted by Crippen LogP contribution is -2.29. The molecule has 0 saturated carbocycles. The Morgan fingerprint density at radius 3 is 2.50 bits per heavy atom. The van der Waals surface area contributed by atoms with Crippen molar-refractivity contribution < 1.29 is 8.95 Å². The predicted molar refractivity (Wildman–Crippen MR) is 76.4 cm³/mol. The van der Waals surface area contributed by atoms with Crippen LogP contribution in [0.5, 0.6) is 0 Å². The fraction of sp³-hybridized carbons (Fsp3) is 0.500. The Bertz CT molecular complexity index is 428. The van der Waals surface area contributed by atoms with Crippen molar-refractivity contribution in [1.29, 1.82) is 0 Å². The van der Waals surface area contributed by atoms with Gasteiger partial charge in [-0.2, -0.15) is 4.40 Å². The molecule has 1 rings (SSSR count). The van der Waals surface area contributed by atoms with Gasteiger partial charge in [-0.3, -0.25) is 0 Å². The summed E-state index contributed by atoms with van der Waals surface area (Å²) in [6.07, 6.45) is 3.51. The van der Waals surface area contributed by atoms with Crippen LogP contribution in [0, 0.1) is 6.92 Å². The fourth-order valence-electron chi connectivity index (χ4n) is 1.59. The third kappa shape index (κ3) is 4.35. The summed E-state index contributed by atoms with van der Waals surface area (Å²) in [5.41, 5.74) is 0.710. The van der Waals surface area contributed by atoms with Crippen LogP contribution in [-0.4, -0.2) is 23.1 Å². The van der Waals surface area contributed by atoms with E-state index in [4.69, 9.17) is 4.74 Å². The molecule has 0 amide bonds. The molecule has 0 unspecified atom stereocenters. The van der Waals surface area contributed by atoms with Crippen molar-refractivity contribution in [2.45, 2.75) is 44.1 Å². The average Bonchev–Trinajstić information content (AvgIpc) is 2.37. The molecular formula is C14H21NO2S. The average molecular weight is 267 g/mol. The van der Waals surface area contributed by atoms with Gasteiger partial charge < -0.3 is 4.74 Å². The van der Waals surface area contributed by atoms with Crippen LogP contribution in [0.2, 0.25) is 0 Å². The van der Waals surface area contributed by atoms with Gasteiger partial charge in [0.25, 0.3) is 0 Å². The first-order valence-corrected chi connectivity index (χ1v) is 7.20. The molecule has 0 aliphatic heterocycles. The molecule has 2 atom stereocenters. The van der Waals surface area contributed by atoms with Crippen molar-refractivity contribution in [2.75, 3.05) is 7.11 Å². The second kappa shape index (κ2) is 6.81. The maximum Gasteiger partial charge on any atom is 0.172 e. The van der Waals surface area contributed by atoms with Gasteiger partial charge in [-0.15, -0.1) is 0 Å². The Balaban J connectivity index is 2.77. The Kier molecular flexibility index (Phi) is 5.69. The highest BCUT2D eigenvalue weighted by atomic mass is 32.2. The smallest absolute Gasteiger partial charge is 0.172 e. The molecule has 0 aliphatic carbocycles. The molecular weight excluding hydrogens is 246 g/mol. The summed E-state index contributed by atoms with van der Waals surface area (Å²) in [5, 5.41) is 0. The maximum atomic E-state index is 12.0. The van der Waals surface area contributed by atoms with Crippen LogP contribution in [0.3, 0.4) is 0 Å². The molecule has 1 aromatic rings. The number of ether oxygens (including phenoxy) is 1. The third-order valence-corrected chi connectivity index (χ3v) is 3.83. The number of rotatable bonds is 6. The quantitative estimate of drug-likeness (QED) is 0.742. The lowest BCUT2D eigenvalue weighted by atomic mass is 10.0. The second-order valence-corrected chi connectivity index (χ2v) is 5.74. The van der Waals surface area contributed by atoms with E-state index in [0.717, 1.165) is 18.4 Å². The van der Waals surface area contributed by atoms with E-state index in [2.05, 4.69) is 11.3 Å². The van der Waals surface area contributed by atoms with Crippen molar-refractivity contribution >= 4 is 17.2 Å². The number of hydrogen-bond donors (Lipinski definition) is 0. The molecule has 18 heavy (non-hydrogen) atoms. The van der Waals surface area contributed by atoms with Gasteiger partial charge in [-0.05, 0) is 32.4 Å². The summed E-state index contributed by atoms with van der Waals surface area (Å²) in [6, 6.07) is 7.55. The van der Waals surface area contributed by atoms with Crippen LogP contribution < -0.4 is 0 Å². The van der Waals surface area contributed by atoms with Gasteiger partial charge in [0.2, 0.25) is 0 Å².